The van der Waals surface area contributed by atoms with E-state index < -0.39 is 0 Å². The smallest absolute Gasteiger partial charge is 0.0294 e. The summed E-state index contributed by atoms with van der Waals surface area (Å²) in [5, 5.41) is 3.47. The minimum absolute atomic E-state index is 0.414. The molecule has 0 aliphatic heterocycles. The van der Waals surface area contributed by atoms with Gasteiger partial charge in [0.15, 0.2) is 0 Å². The lowest BCUT2D eigenvalue weighted by Crippen LogP contribution is -2.25. The molecule has 0 fully saturated rings. The van der Waals surface area contributed by atoms with Gasteiger partial charge < -0.3 is 5.32 Å². The summed E-state index contributed by atoms with van der Waals surface area (Å²) in [6.07, 6.45) is 0. The molecular formula is C11H16BrN. The number of halogens is 1. The number of hydrogen-bond acceptors (Lipinski definition) is 1. The summed E-state index contributed by atoms with van der Waals surface area (Å²) < 4.78 is 1.14. The maximum atomic E-state index is 3.47. The third kappa shape index (κ3) is 3.49. The van der Waals surface area contributed by atoms with Crippen molar-refractivity contribution in [1.82, 2.24) is 5.32 Å². The van der Waals surface area contributed by atoms with Crippen molar-refractivity contribution in [3.63, 3.8) is 0 Å². The predicted octanol–water partition coefficient (Wildman–Crippen LogP) is 3.51. The number of nitrogens with one attached hydrogen (secondary N) is 1. The molecule has 0 aromatic heterocycles. The molecule has 0 saturated heterocycles. The summed E-state index contributed by atoms with van der Waals surface area (Å²) in [7, 11) is 0. The van der Waals surface area contributed by atoms with E-state index in [0.717, 1.165) is 4.47 Å². The van der Waals surface area contributed by atoms with Crippen LogP contribution in [0.15, 0.2) is 28.7 Å². The van der Waals surface area contributed by atoms with E-state index in [2.05, 4.69) is 60.2 Å². The van der Waals surface area contributed by atoms with Crippen LogP contribution in [0.25, 0.3) is 0 Å². The van der Waals surface area contributed by atoms with Crippen LogP contribution in [-0.2, 0) is 0 Å². The maximum Gasteiger partial charge on any atom is 0.0294 e. The topological polar surface area (TPSA) is 12.0 Å². The van der Waals surface area contributed by atoms with Gasteiger partial charge >= 0.3 is 0 Å². The van der Waals surface area contributed by atoms with Gasteiger partial charge in [-0.15, -0.1) is 0 Å². The molecule has 13 heavy (non-hydrogen) atoms. The van der Waals surface area contributed by atoms with Crippen molar-refractivity contribution in [2.24, 2.45) is 0 Å². The molecule has 0 unspecified atom stereocenters. The highest BCUT2D eigenvalue weighted by Crippen LogP contribution is 2.17. The fourth-order valence-electron chi connectivity index (χ4n) is 1.37. The molecule has 1 atom stereocenters. The quantitative estimate of drug-likeness (QED) is 0.855. The van der Waals surface area contributed by atoms with Crippen LogP contribution < -0.4 is 5.32 Å². The lowest BCUT2D eigenvalue weighted by Gasteiger charge is -2.17. The minimum atomic E-state index is 0.414. The molecule has 0 bridgehead atoms. The second kappa shape index (κ2) is 4.77. The third-order valence-corrected chi connectivity index (χ3v) is 2.43. The second-order valence-electron chi connectivity index (χ2n) is 3.60. The van der Waals surface area contributed by atoms with Crippen LogP contribution in [0.1, 0.15) is 32.4 Å². The van der Waals surface area contributed by atoms with E-state index in [1.165, 1.54) is 5.56 Å². The van der Waals surface area contributed by atoms with Crippen LogP contribution >= 0.6 is 15.9 Å². The maximum absolute atomic E-state index is 3.47. The molecule has 0 saturated carbocycles. The Balaban J connectivity index is 2.71. The molecule has 1 rings (SSSR count). The lowest BCUT2D eigenvalue weighted by molar-refractivity contribution is 0.506. The largest absolute Gasteiger partial charge is 0.308 e. The summed E-state index contributed by atoms with van der Waals surface area (Å²) in [5.41, 5.74) is 1.32. The van der Waals surface area contributed by atoms with Crippen molar-refractivity contribution in [3.05, 3.63) is 34.3 Å². The molecule has 0 heterocycles. The summed E-state index contributed by atoms with van der Waals surface area (Å²) in [6, 6.07) is 9.35. The van der Waals surface area contributed by atoms with Crippen molar-refractivity contribution in [2.75, 3.05) is 0 Å². The summed E-state index contributed by atoms with van der Waals surface area (Å²) in [4.78, 5) is 0. The van der Waals surface area contributed by atoms with Crippen LogP contribution in [0.3, 0.4) is 0 Å². The van der Waals surface area contributed by atoms with E-state index in [4.69, 9.17) is 0 Å². The zero-order valence-corrected chi connectivity index (χ0v) is 9.93. The average Bonchev–Trinajstić information content (AvgIpc) is 2.03. The first-order chi connectivity index (χ1) is 6.09. The number of benzene rings is 1. The van der Waals surface area contributed by atoms with Crippen LogP contribution in [-0.4, -0.2) is 6.04 Å². The zero-order chi connectivity index (χ0) is 9.84. The van der Waals surface area contributed by atoms with Crippen LogP contribution in [0.4, 0.5) is 0 Å². The Morgan fingerprint density at radius 1 is 1.23 bits per heavy atom. The van der Waals surface area contributed by atoms with E-state index in [0.29, 0.717) is 12.1 Å². The van der Waals surface area contributed by atoms with Crippen molar-refractivity contribution < 1.29 is 0 Å². The zero-order valence-electron chi connectivity index (χ0n) is 8.34. The fourth-order valence-corrected chi connectivity index (χ4v) is 1.79. The van der Waals surface area contributed by atoms with Gasteiger partial charge in [-0.05, 0) is 24.6 Å². The molecule has 0 aliphatic rings. The van der Waals surface area contributed by atoms with E-state index in [1.54, 1.807) is 0 Å². The van der Waals surface area contributed by atoms with E-state index in [1.807, 2.05) is 6.07 Å². The standard InChI is InChI=1S/C11H16BrN/c1-8(2)13-9(3)10-5-4-6-11(12)7-10/h4-9,13H,1-3H3/t9-/m1/s1. The van der Waals surface area contributed by atoms with Crippen molar-refractivity contribution in [2.45, 2.75) is 32.9 Å². The molecule has 0 amide bonds. The van der Waals surface area contributed by atoms with Gasteiger partial charge in [0.2, 0.25) is 0 Å². The summed E-state index contributed by atoms with van der Waals surface area (Å²) in [6.45, 7) is 6.50. The van der Waals surface area contributed by atoms with E-state index in [-0.39, 0.29) is 0 Å². The monoisotopic (exact) mass is 241 g/mol. The molecule has 1 aromatic carbocycles. The number of rotatable bonds is 3. The van der Waals surface area contributed by atoms with Crippen molar-refractivity contribution in [3.8, 4) is 0 Å². The Labute approximate surface area is 88.7 Å². The number of hydrogen-bond donors (Lipinski definition) is 1. The van der Waals surface area contributed by atoms with E-state index in [9.17, 15) is 0 Å². The normalized spacial score (nSPS) is 13.3. The average molecular weight is 242 g/mol. The van der Waals surface area contributed by atoms with Gasteiger partial charge in [-0.2, -0.15) is 0 Å². The summed E-state index contributed by atoms with van der Waals surface area (Å²) >= 11 is 3.47. The first kappa shape index (κ1) is 10.7. The van der Waals surface area contributed by atoms with Crippen molar-refractivity contribution >= 4 is 15.9 Å². The molecular weight excluding hydrogens is 226 g/mol. The first-order valence-corrected chi connectivity index (χ1v) is 5.40. The van der Waals surface area contributed by atoms with Gasteiger partial charge in [0.25, 0.3) is 0 Å². The van der Waals surface area contributed by atoms with E-state index >= 15 is 0 Å². The van der Waals surface area contributed by atoms with Crippen LogP contribution in [0.5, 0.6) is 0 Å². The molecule has 1 N–H and O–H groups in total. The van der Waals surface area contributed by atoms with Gasteiger partial charge in [0.05, 0.1) is 0 Å². The van der Waals surface area contributed by atoms with Gasteiger partial charge in [0, 0.05) is 16.6 Å². The van der Waals surface area contributed by atoms with Crippen molar-refractivity contribution in [1.29, 1.82) is 0 Å². The third-order valence-electron chi connectivity index (χ3n) is 1.93. The Hall–Kier alpha value is -0.340. The molecule has 1 aromatic rings. The fraction of sp³-hybridized carbons (Fsp3) is 0.455. The molecule has 0 aliphatic carbocycles. The molecule has 0 radical (unpaired) electrons. The van der Waals surface area contributed by atoms with Crippen LogP contribution in [0, 0.1) is 0 Å². The Morgan fingerprint density at radius 2 is 1.92 bits per heavy atom. The van der Waals surface area contributed by atoms with Gasteiger partial charge in [-0.25, -0.2) is 0 Å². The molecule has 1 nitrogen and oxygen atoms in total. The predicted molar refractivity (Wildman–Crippen MR) is 60.8 cm³/mol. The first-order valence-electron chi connectivity index (χ1n) is 4.61. The second-order valence-corrected chi connectivity index (χ2v) is 4.51. The highest BCUT2D eigenvalue weighted by Gasteiger charge is 2.05. The Morgan fingerprint density at radius 3 is 2.46 bits per heavy atom. The highest BCUT2D eigenvalue weighted by atomic mass is 79.9. The van der Waals surface area contributed by atoms with Gasteiger partial charge in [-0.1, -0.05) is 41.9 Å². The van der Waals surface area contributed by atoms with Gasteiger partial charge in [-0.3, -0.25) is 0 Å². The SMILES string of the molecule is CC(C)N[C@H](C)c1cccc(Br)c1. The Kier molecular flexibility index (Phi) is 3.94. The minimum Gasteiger partial charge on any atom is -0.308 e. The van der Waals surface area contributed by atoms with Gasteiger partial charge in [0.1, 0.15) is 0 Å². The van der Waals surface area contributed by atoms with Crippen LogP contribution in [0.2, 0.25) is 0 Å². The lowest BCUT2D eigenvalue weighted by atomic mass is 10.1. The highest BCUT2D eigenvalue weighted by molar-refractivity contribution is 9.10. The molecule has 2 heteroatoms. The summed E-state index contributed by atoms with van der Waals surface area (Å²) in [5.74, 6) is 0. The Bertz CT molecular complexity index is 271. The molecule has 72 valence electrons. The molecule has 0 spiro atoms.